The molecule has 1 aliphatic rings. The molecule has 132 valence electrons. The van der Waals surface area contributed by atoms with E-state index >= 15 is 0 Å². The maximum absolute atomic E-state index is 12.4. The monoisotopic (exact) mass is 454 g/mol. The van der Waals surface area contributed by atoms with Gasteiger partial charge in [0.2, 0.25) is 0 Å². The Morgan fingerprint density at radius 3 is 2.14 bits per heavy atom. The Bertz CT molecular complexity index is 432. The summed E-state index contributed by atoms with van der Waals surface area (Å²) in [7, 11) is -4.43. The lowest BCUT2D eigenvalue weighted by Gasteiger charge is -2.30. The third kappa shape index (κ3) is 6.49. The molecular formula is C12H25F2IN4O2S. The zero-order valence-corrected chi connectivity index (χ0v) is 16.0. The van der Waals surface area contributed by atoms with Crippen LogP contribution in [-0.2, 0) is 10.0 Å². The lowest BCUT2D eigenvalue weighted by Crippen LogP contribution is -2.42. The van der Waals surface area contributed by atoms with Crippen LogP contribution in [0.3, 0.4) is 0 Å². The first-order valence-electron chi connectivity index (χ1n) is 7.21. The van der Waals surface area contributed by atoms with Gasteiger partial charge in [-0.05, 0) is 32.6 Å². The van der Waals surface area contributed by atoms with Gasteiger partial charge >= 0.3 is 5.76 Å². The molecule has 0 unspecified atom stereocenters. The number of hydrogen-bond donors (Lipinski definition) is 2. The molecule has 1 heterocycles. The van der Waals surface area contributed by atoms with Crippen LogP contribution in [0, 0.1) is 5.92 Å². The van der Waals surface area contributed by atoms with Gasteiger partial charge in [-0.15, -0.1) is 24.0 Å². The van der Waals surface area contributed by atoms with Crippen molar-refractivity contribution >= 4 is 40.0 Å². The van der Waals surface area contributed by atoms with Crippen molar-refractivity contribution in [2.75, 3.05) is 32.7 Å². The summed E-state index contributed by atoms with van der Waals surface area (Å²) in [6.45, 7) is 6.32. The van der Waals surface area contributed by atoms with Crippen molar-refractivity contribution in [3.8, 4) is 0 Å². The van der Waals surface area contributed by atoms with Crippen molar-refractivity contribution in [2.24, 2.45) is 10.9 Å². The number of aliphatic imine (C=N–C) groups is 1. The molecule has 0 aromatic heterocycles. The fraction of sp³-hybridized carbons (Fsp3) is 0.917. The summed E-state index contributed by atoms with van der Waals surface area (Å²) in [5, 5.41) is 6.21. The SMILES string of the molecule is CCNC(=NCC1CCN(S(=O)(=O)C(F)F)CC1)NCC.I. The number of nitrogens with one attached hydrogen (secondary N) is 2. The molecule has 0 radical (unpaired) electrons. The van der Waals surface area contributed by atoms with Gasteiger partial charge in [-0.2, -0.15) is 13.1 Å². The molecule has 6 nitrogen and oxygen atoms in total. The first-order valence-corrected chi connectivity index (χ1v) is 8.71. The van der Waals surface area contributed by atoms with Gasteiger partial charge in [-0.3, -0.25) is 4.99 Å². The molecule has 0 atom stereocenters. The lowest BCUT2D eigenvalue weighted by atomic mass is 9.98. The Balaban J connectivity index is 0.00000441. The quantitative estimate of drug-likeness (QED) is 0.362. The summed E-state index contributed by atoms with van der Waals surface area (Å²) in [5.74, 6) is -2.38. The minimum atomic E-state index is -4.43. The fourth-order valence-electron chi connectivity index (χ4n) is 2.19. The van der Waals surface area contributed by atoms with Gasteiger partial charge in [0.25, 0.3) is 10.0 Å². The van der Waals surface area contributed by atoms with E-state index in [1.165, 1.54) is 0 Å². The summed E-state index contributed by atoms with van der Waals surface area (Å²) in [6.07, 6.45) is 1.11. The predicted octanol–water partition coefficient (Wildman–Crippen LogP) is 1.44. The van der Waals surface area contributed by atoms with Crippen LogP contribution in [0.4, 0.5) is 8.78 Å². The molecule has 1 fully saturated rings. The molecule has 0 spiro atoms. The van der Waals surface area contributed by atoms with Gasteiger partial charge in [-0.1, -0.05) is 0 Å². The van der Waals surface area contributed by atoms with Crippen LogP contribution in [0.1, 0.15) is 26.7 Å². The van der Waals surface area contributed by atoms with E-state index in [0.717, 1.165) is 23.4 Å². The summed E-state index contributed by atoms with van der Waals surface area (Å²) in [6, 6.07) is 0. The van der Waals surface area contributed by atoms with Crippen molar-refractivity contribution in [2.45, 2.75) is 32.4 Å². The Hall–Kier alpha value is -0.230. The van der Waals surface area contributed by atoms with E-state index in [-0.39, 0.29) is 43.0 Å². The number of sulfonamides is 1. The second-order valence-electron chi connectivity index (χ2n) is 4.90. The number of piperidine rings is 1. The lowest BCUT2D eigenvalue weighted by molar-refractivity contribution is 0.205. The number of nitrogens with zero attached hydrogens (tertiary/aromatic N) is 2. The molecule has 1 aliphatic heterocycles. The highest BCUT2D eigenvalue weighted by molar-refractivity contribution is 14.0. The minimum absolute atomic E-state index is 0. The van der Waals surface area contributed by atoms with Crippen LogP contribution in [0.5, 0.6) is 0 Å². The average Bonchev–Trinajstić information content (AvgIpc) is 2.45. The standard InChI is InChI=1S/C12H24F2N4O2S.HI/c1-3-15-12(16-4-2)17-9-10-5-7-18(8-6-10)21(19,20)11(13)14;/h10-11H,3-9H2,1-2H3,(H2,15,16,17);1H. The minimum Gasteiger partial charge on any atom is -0.357 e. The summed E-state index contributed by atoms with van der Waals surface area (Å²) >= 11 is 0. The van der Waals surface area contributed by atoms with Crippen molar-refractivity contribution < 1.29 is 17.2 Å². The first kappa shape index (κ1) is 21.8. The highest BCUT2D eigenvalue weighted by Crippen LogP contribution is 2.22. The van der Waals surface area contributed by atoms with Gasteiger partial charge < -0.3 is 10.6 Å². The Kier molecular flexibility index (Phi) is 10.4. The number of rotatable bonds is 6. The smallest absolute Gasteiger partial charge is 0.350 e. The zero-order chi connectivity index (χ0) is 15.9. The second kappa shape index (κ2) is 10.5. The third-order valence-electron chi connectivity index (χ3n) is 3.35. The maximum Gasteiger partial charge on any atom is 0.350 e. The van der Waals surface area contributed by atoms with Crippen LogP contribution in [0.15, 0.2) is 4.99 Å². The van der Waals surface area contributed by atoms with Crippen LogP contribution < -0.4 is 10.6 Å². The number of hydrogen-bond acceptors (Lipinski definition) is 3. The number of guanidine groups is 1. The largest absolute Gasteiger partial charge is 0.357 e. The van der Waals surface area contributed by atoms with E-state index in [1.807, 2.05) is 13.8 Å². The average molecular weight is 454 g/mol. The topological polar surface area (TPSA) is 73.8 Å². The van der Waals surface area contributed by atoms with E-state index in [4.69, 9.17) is 0 Å². The summed E-state index contributed by atoms with van der Waals surface area (Å²) in [4.78, 5) is 4.43. The van der Waals surface area contributed by atoms with Crippen molar-refractivity contribution in [1.29, 1.82) is 0 Å². The molecule has 0 amide bonds. The molecular weight excluding hydrogens is 429 g/mol. The first-order chi connectivity index (χ1) is 9.91. The summed E-state index contributed by atoms with van der Waals surface area (Å²) < 4.78 is 48.5. The molecule has 2 N–H and O–H groups in total. The van der Waals surface area contributed by atoms with Crippen LogP contribution >= 0.6 is 24.0 Å². The number of alkyl halides is 2. The van der Waals surface area contributed by atoms with Crippen molar-refractivity contribution in [1.82, 2.24) is 14.9 Å². The van der Waals surface area contributed by atoms with E-state index in [1.54, 1.807) is 0 Å². The number of halogens is 3. The van der Waals surface area contributed by atoms with Gasteiger partial charge in [0.05, 0.1) is 0 Å². The molecule has 0 aliphatic carbocycles. The molecule has 10 heteroatoms. The van der Waals surface area contributed by atoms with Crippen molar-refractivity contribution in [3.05, 3.63) is 0 Å². The Labute approximate surface area is 148 Å². The molecule has 0 saturated carbocycles. The molecule has 0 bridgehead atoms. The van der Waals surface area contributed by atoms with Gasteiger partial charge in [0.1, 0.15) is 0 Å². The Morgan fingerprint density at radius 2 is 1.73 bits per heavy atom. The predicted molar refractivity (Wildman–Crippen MR) is 94.3 cm³/mol. The van der Waals surface area contributed by atoms with Gasteiger partial charge in [-0.25, -0.2) is 8.42 Å². The summed E-state index contributed by atoms with van der Waals surface area (Å²) in [5.41, 5.74) is 0. The van der Waals surface area contributed by atoms with Crippen molar-refractivity contribution in [3.63, 3.8) is 0 Å². The molecule has 1 rings (SSSR count). The van der Waals surface area contributed by atoms with Crippen LogP contribution in [0.2, 0.25) is 0 Å². The molecule has 22 heavy (non-hydrogen) atoms. The van der Waals surface area contributed by atoms with E-state index in [0.29, 0.717) is 19.4 Å². The molecule has 1 saturated heterocycles. The van der Waals surface area contributed by atoms with E-state index < -0.39 is 15.8 Å². The molecule has 0 aromatic rings. The third-order valence-corrected chi connectivity index (χ3v) is 4.89. The van der Waals surface area contributed by atoms with Crippen LogP contribution in [-0.4, -0.2) is 57.2 Å². The zero-order valence-electron chi connectivity index (χ0n) is 12.9. The van der Waals surface area contributed by atoms with Gasteiger partial charge in [0, 0.05) is 32.7 Å². The highest BCUT2D eigenvalue weighted by atomic mass is 127. The normalized spacial score (nSPS) is 17.0. The second-order valence-corrected chi connectivity index (χ2v) is 6.80. The van der Waals surface area contributed by atoms with E-state index in [9.17, 15) is 17.2 Å². The van der Waals surface area contributed by atoms with Crippen LogP contribution in [0.25, 0.3) is 0 Å². The Morgan fingerprint density at radius 1 is 1.23 bits per heavy atom. The van der Waals surface area contributed by atoms with Gasteiger partial charge in [0.15, 0.2) is 5.96 Å². The maximum atomic E-state index is 12.4. The highest BCUT2D eigenvalue weighted by Gasteiger charge is 2.34. The van der Waals surface area contributed by atoms with E-state index in [2.05, 4.69) is 15.6 Å². The molecule has 0 aromatic carbocycles. The fourth-order valence-corrected chi connectivity index (χ4v) is 3.13.